The van der Waals surface area contributed by atoms with Gasteiger partial charge in [-0.1, -0.05) is 12.1 Å². The summed E-state index contributed by atoms with van der Waals surface area (Å²) in [6.45, 7) is 0. The Bertz CT molecular complexity index is 352. The highest BCUT2D eigenvalue weighted by Gasteiger charge is 1.96. The second-order valence-electron chi connectivity index (χ2n) is 2.57. The number of carbonyl (C=O) groups excluding carboxylic acids is 1. The van der Waals surface area contributed by atoms with Crippen LogP contribution in [0.4, 0.5) is 10.5 Å². The molecule has 0 fully saturated rings. The van der Waals surface area contributed by atoms with Gasteiger partial charge in [-0.3, -0.25) is 0 Å². The number of terminal acetylenes is 1. The fourth-order valence-corrected chi connectivity index (χ4v) is 1.02. The maximum Gasteiger partial charge on any atom is 0.316 e. The van der Waals surface area contributed by atoms with Crippen molar-refractivity contribution >= 4 is 11.7 Å². The normalized spacial score (nSPS) is 8.85. The first-order valence-electron chi connectivity index (χ1n) is 3.81. The van der Waals surface area contributed by atoms with E-state index in [1.54, 1.807) is 12.1 Å². The average molecular weight is 174 g/mol. The monoisotopic (exact) mass is 174 g/mol. The number of rotatable bonds is 2. The summed E-state index contributed by atoms with van der Waals surface area (Å²) in [5, 5.41) is 2.47. The summed E-state index contributed by atoms with van der Waals surface area (Å²) >= 11 is 0. The van der Waals surface area contributed by atoms with Crippen LogP contribution in [-0.4, -0.2) is 6.03 Å². The Kier molecular flexibility index (Phi) is 2.93. The predicted octanol–water partition coefficient (Wildman–Crippen LogP) is 1.35. The molecule has 0 radical (unpaired) electrons. The number of benzene rings is 1. The van der Waals surface area contributed by atoms with Crippen molar-refractivity contribution in [1.29, 1.82) is 0 Å². The van der Waals surface area contributed by atoms with Gasteiger partial charge in [0.05, 0.1) is 0 Å². The zero-order valence-electron chi connectivity index (χ0n) is 7.08. The van der Waals surface area contributed by atoms with Gasteiger partial charge in [-0.15, -0.1) is 12.3 Å². The SMILES string of the molecule is C#CCc1cccc(NC(N)=O)c1. The molecule has 3 heteroatoms. The van der Waals surface area contributed by atoms with Crippen molar-refractivity contribution in [3.05, 3.63) is 29.8 Å². The third-order valence-corrected chi connectivity index (χ3v) is 1.50. The lowest BCUT2D eigenvalue weighted by atomic mass is 10.1. The van der Waals surface area contributed by atoms with Gasteiger partial charge in [-0.25, -0.2) is 4.79 Å². The first kappa shape index (κ1) is 9.14. The van der Waals surface area contributed by atoms with Crippen LogP contribution in [0.15, 0.2) is 24.3 Å². The fourth-order valence-electron chi connectivity index (χ4n) is 1.02. The van der Waals surface area contributed by atoms with Gasteiger partial charge in [0.2, 0.25) is 0 Å². The number of nitrogens with one attached hydrogen (secondary N) is 1. The van der Waals surface area contributed by atoms with Crippen molar-refractivity contribution in [3.63, 3.8) is 0 Å². The molecular weight excluding hydrogens is 164 g/mol. The molecular formula is C10H10N2O. The van der Waals surface area contributed by atoms with Crippen molar-refractivity contribution in [2.24, 2.45) is 5.73 Å². The van der Waals surface area contributed by atoms with Gasteiger partial charge in [-0.2, -0.15) is 0 Å². The maximum absolute atomic E-state index is 10.5. The molecule has 13 heavy (non-hydrogen) atoms. The van der Waals surface area contributed by atoms with Crippen molar-refractivity contribution in [2.75, 3.05) is 5.32 Å². The molecule has 2 amide bonds. The lowest BCUT2D eigenvalue weighted by molar-refractivity contribution is 0.259. The molecule has 0 aliphatic heterocycles. The van der Waals surface area contributed by atoms with E-state index in [1.807, 2.05) is 12.1 Å². The topological polar surface area (TPSA) is 55.1 Å². The van der Waals surface area contributed by atoms with E-state index in [1.165, 1.54) is 0 Å². The van der Waals surface area contributed by atoms with Crippen LogP contribution in [-0.2, 0) is 6.42 Å². The molecule has 0 unspecified atom stereocenters. The number of hydrogen-bond acceptors (Lipinski definition) is 1. The van der Waals surface area contributed by atoms with Gasteiger partial charge in [0, 0.05) is 12.1 Å². The molecule has 0 atom stereocenters. The minimum atomic E-state index is -0.571. The van der Waals surface area contributed by atoms with Gasteiger partial charge in [0.15, 0.2) is 0 Å². The standard InChI is InChI=1S/C10H10N2O/c1-2-4-8-5-3-6-9(7-8)12-10(11)13/h1,3,5-7H,4H2,(H3,11,12,13). The molecule has 0 saturated carbocycles. The maximum atomic E-state index is 10.5. The summed E-state index contributed by atoms with van der Waals surface area (Å²) < 4.78 is 0. The van der Waals surface area contributed by atoms with Crippen molar-refractivity contribution in [2.45, 2.75) is 6.42 Å². The van der Waals surface area contributed by atoms with Crippen molar-refractivity contribution in [1.82, 2.24) is 0 Å². The summed E-state index contributed by atoms with van der Waals surface area (Å²) in [4.78, 5) is 10.5. The fraction of sp³-hybridized carbons (Fsp3) is 0.100. The minimum absolute atomic E-state index is 0.550. The molecule has 0 aromatic heterocycles. The highest BCUT2D eigenvalue weighted by atomic mass is 16.2. The molecule has 3 N–H and O–H groups in total. The Morgan fingerprint density at radius 3 is 3.00 bits per heavy atom. The van der Waals surface area contributed by atoms with E-state index in [9.17, 15) is 4.79 Å². The number of primary amides is 1. The van der Waals surface area contributed by atoms with Crippen LogP contribution in [0.5, 0.6) is 0 Å². The van der Waals surface area contributed by atoms with Gasteiger partial charge >= 0.3 is 6.03 Å². The van der Waals surface area contributed by atoms with Crippen molar-refractivity contribution < 1.29 is 4.79 Å². The Labute approximate surface area is 76.9 Å². The van der Waals surface area contributed by atoms with E-state index >= 15 is 0 Å². The molecule has 0 heterocycles. The van der Waals surface area contributed by atoms with E-state index in [0.717, 1.165) is 5.56 Å². The van der Waals surface area contributed by atoms with Crippen LogP contribution in [0.1, 0.15) is 5.56 Å². The highest BCUT2D eigenvalue weighted by molar-refractivity contribution is 5.87. The molecule has 0 saturated heterocycles. The first-order chi connectivity index (χ1) is 6.22. The second-order valence-corrected chi connectivity index (χ2v) is 2.57. The van der Waals surface area contributed by atoms with Crippen LogP contribution in [0.25, 0.3) is 0 Å². The molecule has 0 aliphatic carbocycles. The third-order valence-electron chi connectivity index (χ3n) is 1.50. The molecule has 1 aromatic rings. The molecule has 0 spiro atoms. The average Bonchev–Trinajstić information content (AvgIpc) is 2.04. The quantitative estimate of drug-likeness (QED) is 0.653. The number of carbonyl (C=O) groups is 1. The van der Waals surface area contributed by atoms with Gasteiger partial charge in [0.1, 0.15) is 0 Å². The van der Waals surface area contributed by atoms with Crippen LogP contribution in [0.2, 0.25) is 0 Å². The Hall–Kier alpha value is -1.95. The van der Waals surface area contributed by atoms with E-state index in [0.29, 0.717) is 12.1 Å². The summed E-state index contributed by atoms with van der Waals surface area (Å²) in [7, 11) is 0. The van der Waals surface area contributed by atoms with Crippen molar-refractivity contribution in [3.8, 4) is 12.3 Å². The predicted molar refractivity (Wildman–Crippen MR) is 52.2 cm³/mol. The summed E-state index contributed by atoms with van der Waals surface area (Å²) in [6.07, 6.45) is 5.70. The second kappa shape index (κ2) is 4.17. The number of hydrogen-bond donors (Lipinski definition) is 2. The third kappa shape index (κ3) is 2.88. The lowest BCUT2D eigenvalue weighted by Crippen LogP contribution is -2.19. The summed E-state index contributed by atoms with van der Waals surface area (Å²) in [5.41, 5.74) is 6.61. The zero-order chi connectivity index (χ0) is 9.68. The van der Waals surface area contributed by atoms with Crippen LogP contribution in [0, 0.1) is 12.3 Å². The van der Waals surface area contributed by atoms with Gasteiger partial charge in [-0.05, 0) is 17.7 Å². The van der Waals surface area contributed by atoms with Gasteiger partial charge < -0.3 is 11.1 Å². The number of anilines is 1. The molecule has 1 rings (SSSR count). The Balaban J connectivity index is 2.80. The van der Waals surface area contributed by atoms with E-state index in [2.05, 4.69) is 11.2 Å². The van der Waals surface area contributed by atoms with Crippen LogP contribution < -0.4 is 11.1 Å². The van der Waals surface area contributed by atoms with Gasteiger partial charge in [0.25, 0.3) is 0 Å². The summed E-state index contributed by atoms with van der Waals surface area (Å²) in [5.74, 6) is 2.52. The van der Waals surface area contributed by atoms with E-state index in [-0.39, 0.29) is 0 Å². The lowest BCUT2D eigenvalue weighted by Gasteiger charge is -2.02. The molecule has 0 aliphatic rings. The number of nitrogens with two attached hydrogens (primary N) is 1. The Morgan fingerprint density at radius 2 is 2.38 bits per heavy atom. The zero-order valence-corrected chi connectivity index (χ0v) is 7.08. The molecule has 1 aromatic carbocycles. The number of urea groups is 1. The van der Waals surface area contributed by atoms with E-state index < -0.39 is 6.03 Å². The summed E-state index contributed by atoms with van der Waals surface area (Å²) in [6, 6.07) is 6.69. The molecule has 3 nitrogen and oxygen atoms in total. The molecule has 0 bridgehead atoms. The minimum Gasteiger partial charge on any atom is -0.351 e. The van der Waals surface area contributed by atoms with Crippen LogP contribution in [0.3, 0.4) is 0 Å². The Morgan fingerprint density at radius 1 is 1.62 bits per heavy atom. The molecule has 66 valence electrons. The van der Waals surface area contributed by atoms with Crippen LogP contribution >= 0.6 is 0 Å². The van der Waals surface area contributed by atoms with E-state index in [4.69, 9.17) is 12.2 Å². The highest BCUT2D eigenvalue weighted by Crippen LogP contribution is 2.10. The number of amides is 2. The first-order valence-corrected chi connectivity index (χ1v) is 3.81. The smallest absolute Gasteiger partial charge is 0.316 e. The largest absolute Gasteiger partial charge is 0.351 e.